The molecule has 0 aliphatic carbocycles. The van der Waals surface area contributed by atoms with E-state index in [2.05, 4.69) is 5.43 Å². The van der Waals surface area contributed by atoms with Gasteiger partial charge >= 0.3 is 0 Å². The predicted molar refractivity (Wildman–Crippen MR) is 98.2 cm³/mol. The molecule has 1 saturated heterocycles. The Kier molecular flexibility index (Phi) is 4.82. The van der Waals surface area contributed by atoms with Crippen molar-refractivity contribution in [3.05, 3.63) is 62.1 Å². The first-order valence-corrected chi connectivity index (χ1v) is 8.91. The quantitative estimate of drug-likeness (QED) is 0.647. The molecular formula is C15H9ClN2O2S3. The number of halogens is 1. The molecule has 116 valence electrons. The molecule has 4 nitrogen and oxygen atoms in total. The highest BCUT2D eigenvalue weighted by molar-refractivity contribution is 8.26. The minimum absolute atomic E-state index is 0.285. The van der Waals surface area contributed by atoms with Crippen molar-refractivity contribution in [2.75, 3.05) is 0 Å². The molecule has 1 aliphatic heterocycles. The molecule has 0 saturated carbocycles. The van der Waals surface area contributed by atoms with Gasteiger partial charge in [-0.05, 0) is 47.9 Å². The molecule has 2 heterocycles. The zero-order valence-electron chi connectivity index (χ0n) is 11.5. The van der Waals surface area contributed by atoms with Gasteiger partial charge in [-0.3, -0.25) is 15.0 Å². The van der Waals surface area contributed by atoms with Gasteiger partial charge in [0.2, 0.25) is 0 Å². The topological polar surface area (TPSA) is 49.4 Å². The van der Waals surface area contributed by atoms with E-state index in [-0.39, 0.29) is 10.2 Å². The fourth-order valence-corrected chi connectivity index (χ4v) is 3.96. The van der Waals surface area contributed by atoms with Crippen molar-refractivity contribution in [3.8, 4) is 0 Å². The van der Waals surface area contributed by atoms with Gasteiger partial charge in [-0.25, -0.2) is 0 Å². The second kappa shape index (κ2) is 6.84. The number of rotatable bonds is 3. The van der Waals surface area contributed by atoms with E-state index in [9.17, 15) is 9.59 Å². The van der Waals surface area contributed by atoms with Gasteiger partial charge in [0.25, 0.3) is 11.8 Å². The van der Waals surface area contributed by atoms with Gasteiger partial charge in [-0.1, -0.05) is 35.5 Å². The zero-order valence-corrected chi connectivity index (χ0v) is 14.7. The van der Waals surface area contributed by atoms with Gasteiger partial charge in [0.1, 0.15) is 0 Å². The molecule has 23 heavy (non-hydrogen) atoms. The van der Waals surface area contributed by atoms with E-state index in [0.29, 0.717) is 15.5 Å². The summed E-state index contributed by atoms with van der Waals surface area (Å²) in [6.07, 6.45) is 1.76. The fraction of sp³-hybridized carbons (Fsp3) is 0. The maximum atomic E-state index is 12.4. The second-order valence-corrected chi connectivity index (χ2v) is 7.58. The average molecular weight is 381 g/mol. The normalized spacial score (nSPS) is 16.2. The van der Waals surface area contributed by atoms with E-state index in [1.165, 1.54) is 17.4 Å². The van der Waals surface area contributed by atoms with Crippen LogP contribution in [-0.4, -0.2) is 21.1 Å². The third kappa shape index (κ3) is 3.64. The predicted octanol–water partition coefficient (Wildman–Crippen LogP) is 3.95. The Hall–Kier alpha value is -1.67. The summed E-state index contributed by atoms with van der Waals surface area (Å²) in [6.45, 7) is 0. The Morgan fingerprint density at radius 3 is 2.83 bits per heavy atom. The molecule has 1 aromatic heterocycles. The molecule has 0 bridgehead atoms. The molecule has 1 fully saturated rings. The Labute approximate surface area is 151 Å². The zero-order chi connectivity index (χ0) is 16.4. The Bertz CT molecular complexity index is 818. The molecular weight excluding hydrogens is 372 g/mol. The number of amides is 2. The summed E-state index contributed by atoms with van der Waals surface area (Å²) < 4.78 is 0.285. The van der Waals surface area contributed by atoms with E-state index in [0.717, 1.165) is 21.6 Å². The molecule has 0 atom stereocenters. The number of hydrogen-bond donors (Lipinski definition) is 1. The summed E-state index contributed by atoms with van der Waals surface area (Å²) in [5, 5.41) is 3.46. The summed E-state index contributed by atoms with van der Waals surface area (Å²) in [5.74, 6) is -0.787. The first-order chi connectivity index (χ1) is 11.0. The minimum atomic E-state index is -0.443. The number of carbonyl (C=O) groups is 2. The summed E-state index contributed by atoms with van der Waals surface area (Å²) in [7, 11) is 0. The Balaban J connectivity index is 1.77. The smallest absolute Gasteiger partial charge is 0.267 e. The number of nitrogens with zero attached hydrogens (tertiary/aromatic N) is 1. The monoisotopic (exact) mass is 380 g/mol. The first kappa shape index (κ1) is 16.2. The van der Waals surface area contributed by atoms with E-state index < -0.39 is 5.91 Å². The number of nitrogens with one attached hydrogen (secondary N) is 1. The van der Waals surface area contributed by atoms with Crippen LogP contribution in [0.5, 0.6) is 0 Å². The third-order valence-corrected chi connectivity index (χ3v) is 5.27. The average Bonchev–Trinajstić information content (AvgIpc) is 3.12. The molecule has 3 rings (SSSR count). The maximum absolute atomic E-state index is 12.4. The van der Waals surface area contributed by atoms with Crippen molar-refractivity contribution < 1.29 is 9.59 Å². The molecule has 2 amide bonds. The number of thiocarbonyl (C=S) groups is 1. The van der Waals surface area contributed by atoms with Crippen molar-refractivity contribution in [2.45, 2.75) is 0 Å². The summed E-state index contributed by atoms with van der Waals surface area (Å²) in [4.78, 5) is 26.0. The highest BCUT2D eigenvalue weighted by atomic mass is 35.5. The molecule has 0 spiro atoms. The molecule has 1 aromatic carbocycles. The van der Waals surface area contributed by atoms with Crippen LogP contribution in [0.1, 0.15) is 15.2 Å². The van der Waals surface area contributed by atoms with Gasteiger partial charge in [-0.15, -0.1) is 11.3 Å². The molecule has 0 radical (unpaired) electrons. The first-order valence-electron chi connectivity index (χ1n) is 6.42. The summed E-state index contributed by atoms with van der Waals surface area (Å²) in [5.41, 5.74) is 2.87. The summed E-state index contributed by atoms with van der Waals surface area (Å²) in [6, 6.07) is 10.3. The molecule has 2 aromatic rings. The van der Waals surface area contributed by atoms with Crippen molar-refractivity contribution >= 4 is 69.1 Å². The number of thiophene rings is 1. The maximum Gasteiger partial charge on any atom is 0.285 e. The molecule has 0 unspecified atom stereocenters. The second-order valence-electron chi connectivity index (χ2n) is 4.48. The van der Waals surface area contributed by atoms with Gasteiger partial charge < -0.3 is 0 Å². The van der Waals surface area contributed by atoms with Crippen LogP contribution in [-0.2, 0) is 4.79 Å². The highest BCUT2D eigenvalue weighted by Gasteiger charge is 2.33. The van der Waals surface area contributed by atoms with Crippen LogP contribution in [0.4, 0.5) is 0 Å². The van der Waals surface area contributed by atoms with Crippen LogP contribution in [0.3, 0.4) is 0 Å². The van der Waals surface area contributed by atoms with Gasteiger partial charge in [0.15, 0.2) is 4.32 Å². The van der Waals surface area contributed by atoms with Crippen LogP contribution in [0, 0.1) is 0 Å². The van der Waals surface area contributed by atoms with Crippen molar-refractivity contribution in [2.24, 2.45) is 0 Å². The van der Waals surface area contributed by atoms with E-state index in [1.807, 2.05) is 17.5 Å². The third-order valence-electron chi connectivity index (χ3n) is 2.91. The van der Waals surface area contributed by atoms with Crippen molar-refractivity contribution in [1.29, 1.82) is 0 Å². The molecule has 8 heteroatoms. The Morgan fingerprint density at radius 1 is 1.30 bits per heavy atom. The number of carbonyl (C=O) groups excluding carboxylic acids is 2. The molecule has 1 N–H and O–H groups in total. The largest absolute Gasteiger partial charge is 0.285 e. The number of hydrazine groups is 1. The standard InChI is InChI=1S/C15H9ClN2O2S3/c16-10-4-1-3-9(7-10)13(19)17-18-14(20)12(23-15(18)21)8-11-5-2-6-22-11/h1-8H,(H,17,19)/b12-8+. The van der Waals surface area contributed by atoms with Crippen LogP contribution in [0.2, 0.25) is 5.02 Å². The SMILES string of the molecule is O=C(NN1C(=O)/C(=C\c2cccs2)SC1=S)c1cccc(Cl)c1. The van der Waals surface area contributed by atoms with E-state index in [1.54, 1.807) is 24.3 Å². The lowest BCUT2D eigenvalue weighted by Crippen LogP contribution is -2.44. The number of benzene rings is 1. The van der Waals surface area contributed by atoms with Crippen LogP contribution in [0.15, 0.2) is 46.7 Å². The number of thioether (sulfide) groups is 1. The lowest BCUT2D eigenvalue weighted by molar-refractivity contribution is -0.123. The number of hydrogen-bond acceptors (Lipinski definition) is 5. The van der Waals surface area contributed by atoms with Crippen molar-refractivity contribution in [3.63, 3.8) is 0 Å². The summed E-state index contributed by atoms with van der Waals surface area (Å²) >= 11 is 13.7. The van der Waals surface area contributed by atoms with E-state index in [4.69, 9.17) is 23.8 Å². The highest BCUT2D eigenvalue weighted by Crippen LogP contribution is 2.32. The van der Waals surface area contributed by atoms with Gasteiger partial charge in [-0.2, -0.15) is 5.01 Å². The fourth-order valence-electron chi connectivity index (χ4n) is 1.86. The lowest BCUT2D eigenvalue weighted by Gasteiger charge is -2.15. The van der Waals surface area contributed by atoms with Gasteiger partial charge in [0.05, 0.1) is 4.91 Å². The van der Waals surface area contributed by atoms with Crippen molar-refractivity contribution in [1.82, 2.24) is 10.4 Å². The van der Waals surface area contributed by atoms with E-state index >= 15 is 0 Å². The molecule has 1 aliphatic rings. The van der Waals surface area contributed by atoms with Crippen LogP contribution in [0.25, 0.3) is 6.08 Å². The van der Waals surface area contributed by atoms with Crippen LogP contribution >= 0.6 is 46.9 Å². The lowest BCUT2D eigenvalue weighted by atomic mass is 10.2. The minimum Gasteiger partial charge on any atom is -0.267 e. The van der Waals surface area contributed by atoms with Crippen LogP contribution < -0.4 is 5.43 Å². The van der Waals surface area contributed by atoms with Gasteiger partial charge in [0, 0.05) is 15.5 Å². The Morgan fingerprint density at radius 2 is 2.13 bits per heavy atom.